The van der Waals surface area contributed by atoms with Crippen LogP contribution in [0.15, 0.2) is 70.8 Å². The molecule has 10 nitrogen and oxygen atoms in total. The molecule has 1 fully saturated rings. The number of benzene rings is 3. The molecule has 0 saturated carbocycles. The average Bonchev–Trinajstić information content (AvgIpc) is 3.64. The van der Waals surface area contributed by atoms with Gasteiger partial charge in [-0.25, -0.2) is 27.5 Å². The minimum absolute atomic E-state index is 0.00175. The summed E-state index contributed by atoms with van der Waals surface area (Å²) in [5, 5.41) is 6.64. The Labute approximate surface area is 272 Å². The first-order valence-corrected chi connectivity index (χ1v) is 15.9. The number of nitrogens with one attached hydrogen (secondary N) is 1. The van der Waals surface area contributed by atoms with Gasteiger partial charge in [0.2, 0.25) is 5.91 Å². The molecule has 17 heteroatoms. The van der Waals surface area contributed by atoms with Gasteiger partial charge in [0.15, 0.2) is 21.8 Å². The summed E-state index contributed by atoms with van der Waals surface area (Å²) >= 11 is 1.02. The summed E-state index contributed by atoms with van der Waals surface area (Å²) in [5.41, 5.74) is -3.36. The fourth-order valence-corrected chi connectivity index (χ4v) is 6.12. The van der Waals surface area contributed by atoms with E-state index in [1.54, 1.807) is 19.0 Å². The van der Waals surface area contributed by atoms with Crippen LogP contribution in [0, 0.1) is 11.6 Å². The van der Waals surface area contributed by atoms with Gasteiger partial charge in [-0.2, -0.15) is 18.2 Å². The number of halogens is 5. The van der Waals surface area contributed by atoms with Gasteiger partial charge in [0.25, 0.3) is 0 Å². The van der Waals surface area contributed by atoms with Gasteiger partial charge in [0.05, 0.1) is 28.5 Å². The first kappa shape index (κ1) is 33.7. The highest BCUT2D eigenvalue weighted by Gasteiger charge is 2.38. The second kappa shape index (κ2) is 13.2. The molecule has 1 saturated heterocycles. The fraction of sp³-hybridized carbons (Fsp3) is 0.233. The third-order valence-corrected chi connectivity index (χ3v) is 8.93. The van der Waals surface area contributed by atoms with E-state index >= 15 is 4.39 Å². The lowest BCUT2D eigenvalue weighted by Gasteiger charge is -2.24. The molecule has 0 radical (unpaired) electrons. The van der Waals surface area contributed by atoms with E-state index in [-0.39, 0.29) is 45.5 Å². The summed E-state index contributed by atoms with van der Waals surface area (Å²) in [7, 11) is 0.148. The van der Waals surface area contributed by atoms with Crippen molar-refractivity contribution in [2.75, 3.05) is 35.0 Å². The Morgan fingerprint density at radius 1 is 1.06 bits per heavy atom. The van der Waals surface area contributed by atoms with E-state index in [0.717, 1.165) is 30.0 Å². The lowest BCUT2D eigenvalue weighted by atomic mass is 9.99. The quantitative estimate of drug-likeness (QED) is 0.215. The smallest absolute Gasteiger partial charge is 0.375 e. The number of carbonyl (C=O) groups is 2. The molecule has 246 valence electrons. The zero-order valence-corrected chi connectivity index (χ0v) is 26.8. The van der Waals surface area contributed by atoms with Gasteiger partial charge < -0.3 is 10.2 Å². The minimum Gasteiger partial charge on any atom is -0.375 e. The third-order valence-electron chi connectivity index (χ3n) is 6.89. The molecule has 1 atom stereocenters. The van der Waals surface area contributed by atoms with E-state index in [0.29, 0.717) is 16.9 Å². The number of alkyl halides is 3. The maximum atomic E-state index is 15.1. The van der Waals surface area contributed by atoms with Gasteiger partial charge in [-0.1, -0.05) is 25.6 Å². The summed E-state index contributed by atoms with van der Waals surface area (Å²) in [4.78, 5) is 36.3. The van der Waals surface area contributed by atoms with Gasteiger partial charge in [-0.3, -0.25) is 9.69 Å². The van der Waals surface area contributed by atoms with Crippen LogP contribution in [0.4, 0.5) is 43.8 Å². The molecule has 1 aliphatic heterocycles. The van der Waals surface area contributed by atoms with Gasteiger partial charge in [0.1, 0.15) is 18.0 Å². The highest BCUT2D eigenvalue weighted by molar-refractivity contribution is 8.15. The number of rotatable bonds is 7. The van der Waals surface area contributed by atoms with Crippen LogP contribution in [-0.4, -0.2) is 61.4 Å². The number of hydrogen-bond donors (Lipinski definition) is 1. The summed E-state index contributed by atoms with van der Waals surface area (Å²) in [6.45, 7) is 3.70. The lowest BCUT2D eigenvalue weighted by Crippen LogP contribution is -2.31. The summed E-state index contributed by atoms with van der Waals surface area (Å²) in [6.07, 6.45) is 1.27. The fourth-order valence-electron chi connectivity index (χ4n) is 4.61. The lowest BCUT2D eigenvalue weighted by molar-refractivity contribution is -0.115. The van der Waals surface area contributed by atoms with Crippen molar-refractivity contribution in [3.05, 3.63) is 78.1 Å². The van der Waals surface area contributed by atoms with Crippen molar-refractivity contribution in [3.8, 4) is 17.1 Å². The first-order chi connectivity index (χ1) is 22.1. The van der Waals surface area contributed by atoms with Crippen molar-refractivity contribution in [1.29, 1.82) is 0 Å². The van der Waals surface area contributed by atoms with Crippen LogP contribution in [0.25, 0.3) is 17.1 Å². The van der Waals surface area contributed by atoms with E-state index in [9.17, 15) is 31.4 Å². The van der Waals surface area contributed by atoms with Crippen molar-refractivity contribution < 1.29 is 35.8 Å². The normalized spacial score (nSPS) is 15.1. The topological polar surface area (TPSA) is 113 Å². The van der Waals surface area contributed by atoms with Crippen molar-refractivity contribution in [2.45, 2.75) is 30.2 Å². The van der Waals surface area contributed by atoms with E-state index in [1.807, 2.05) is 13.8 Å². The molecular weight excluding hydrogens is 666 g/mol. The van der Waals surface area contributed by atoms with E-state index in [1.165, 1.54) is 52.3 Å². The number of amides is 3. The van der Waals surface area contributed by atoms with Crippen molar-refractivity contribution in [3.63, 3.8) is 0 Å². The van der Waals surface area contributed by atoms with Gasteiger partial charge in [-0.15, -0.1) is 5.10 Å². The van der Waals surface area contributed by atoms with Gasteiger partial charge in [-0.05, 0) is 66.1 Å². The molecular formula is C30H26F5N7O3S2. The van der Waals surface area contributed by atoms with Crippen LogP contribution in [0.1, 0.15) is 25.3 Å². The molecule has 0 spiro atoms. The van der Waals surface area contributed by atoms with E-state index in [2.05, 4.69) is 20.4 Å². The maximum Gasteiger partial charge on any atom is 0.475 e. The number of hydrogen-bond acceptors (Lipinski definition) is 7. The second-order valence-electron chi connectivity index (χ2n) is 10.7. The van der Waals surface area contributed by atoms with Crippen molar-refractivity contribution >= 4 is 56.7 Å². The Balaban J connectivity index is 1.34. The molecule has 0 aliphatic carbocycles. The monoisotopic (exact) mass is 691 g/mol. The van der Waals surface area contributed by atoms with Crippen molar-refractivity contribution in [2.24, 2.45) is 4.99 Å². The Kier molecular flexibility index (Phi) is 9.49. The molecule has 5 rings (SSSR count). The Morgan fingerprint density at radius 3 is 2.38 bits per heavy atom. The van der Waals surface area contributed by atoms with Gasteiger partial charge >= 0.3 is 11.5 Å². The van der Waals surface area contributed by atoms with Crippen molar-refractivity contribution in [1.82, 2.24) is 14.8 Å². The van der Waals surface area contributed by atoms with Gasteiger partial charge in [0, 0.05) is 24.6 Å². The predicted octanol–water partition coefficient (Wildman–Crippen LogP) is 6.70. The number of carbonyl (C=O) groups excluding carboxylic acids is 2. The predicted molar refractivity (Wildman–Crippen MR) is 170 cm³/mol. The van der Waals surface area contributed by atoms with Crippen LogP contribution in [0.3, 0.4) is 0 Å². The molecule has 3 amide bonds. The summed E-state index contributed by atoms with van der Waals surface area (Å²) < 4.78 is 80.8. The molecule has 4 aromatic rings. The Hall–Kier alpha value is -4.64. The maximum absolute atomic E-state index is 15.1. The molecule has 1 unspecified atom stereocenters. The number of urea groups is 1. The van der Waals surface area contributed by atoms with Crippen LogP contribution in [0.2, 0.25) is 0 Å². The molecule has 1 aliphatic rings. The summed E-state index contributed by atoms with van der Waals surface area (Å²) in [5.74, 6) is -1.73. The zero-order valence-electron chi connectivity index (χ0n) is 25.2. The largest absolute Gasteiger partial charge is 0.475 e. The first-order valence-electron chi connectivity index (χ1n) is 13.8. The minimum atomic E-state index is -4.89. The average molecular weight is 692 g/mol. The standard InChI is InChI=1S/C30H26F5N7O3S2/c1-16(2)20-12-22(32)25(40(3)4)13-24(20)42-26(43)14-46-29(42)38-28(44)37-23-10-5-17(11-21(23)31)27-36-15-41(39-27)18-6-8-19(9-7-18)47(45)30(33,34)35/h5-13,15-16H,14H2,1-4H3,(H,37,44). The molecule has 47 heavy (non-hydrogen) atoms. The van der Waals surface area contributed by atoms with Crippen LogP contribution >= 0.6 is 11.8 Å². The number of anilines is 3. The van der Waals surface area contributed by atoms with Crippen LogP contribution < -0.4 is 15.1 Å². The second-order valence-corrected chi connectivity index (χ2v) is 13.1. The molecule has 2 heterocycles. The molecule has 1 N–H and O–H groups in total. The molecule has 0 bridgehead atoms. The van der Waals surface area contributed by atoms with Crippen LogP contribution in [0.5, 0.6) is 0 Å². The Bertz CT molecular complexity index is 1910. The summed E-state index contributed by atoms with van der Waals surface area (Å²) in [6, 6.07) is 10.4. The molecule has 1 aromatic heterocycles. The third kappa shape index (κ3) is 7.20. The molecule has 3 aromatic carbocycles. The zero-order chi connectivity index (χ0) is 34.2. The van der Waals surface area contributed by atoms with Crippen LogP contribution in [-0.2, 0) is 15.6 Å². The highest BCUT2D eigenvalue weighted by atomic mass is 32.2. The highest BCUT2D eigenvalue weighted by Crippen LogP contribution is 2.37. The van der Waals surface area contributed by atoms with E-state index in [4.69, 9.17) is 0 Å². The Morgan fingerprint density at radius 2 is 1.77 bits per heavy atom. The number of nitrogens with zero attached hydrogens (tertiary/aromatic N) is 6. The number of amidine groups is 1. The van der Waals surface area contributed by atoms with E-state index < -0.39 is 38.9 Å². The number of aromatic nitrogens is 3. The number of thioether (sulfide) groups is 1. The SMILES string of the molecule is CC(C)c1cc(F)c(N(C)C)cc1N1C(=O)CSC1=NC(=O)Nc1ccc(-c2ncn(-c3ccc(S(=O)C(F)(F)F)cc3)n2)cc1F. The number of aliphatic imine (C=N–C) groups is 1.